The number of hydrogen-bond acceptors (Lipinski definition) is 3. The molecule has 1 aliphatic carbocycles. The summed E-state index contributed by atoms with van der Waals surface area (Å²) < 4.78 is 11.7. The molecule has 1 fully saturated rings. The lowest BCUT2D eigenvalue weighted by Gasteiger charge is -2.35. The summed E-state index contributed by atoms with van der Waals surface area (Å²) in [4.78, 5) is 0. The molecule has 0 heterocycles. The van der Waals surface area contributed by atoms with E-state index in [2.05, 4.69) is 19.2 Å². The van der Waals surface area contributed by atoms with E-state index in [9.17, 15) is 0 Å². The quantitative estimate of drug-likeness (QED) is 0.823. The molecule has 3 atom stereocenters. The highest BCUT2D eigenvalue weighted by Crippen LogP contribution is 2.28. The van der Waals surface area contributed by atoms with Crippen molar-refractivity contribution in [3.8, 4) is 11.5 Å². The van der Waals surface area contributed by atoms with Crippen LogP contribution < -0.4 is 14.8 Å². The first kappa shape index (κ1) is 16.2. The standard InChI is InChI=1S/C18H29NO2/c1-4-12-19-17-11-6-14(3)13-18(17)21-16-9-7-15(8-10-16)20-5-2/h7-10,14,17-19H,4-6,11-13H2,1-3H3. The zero-order valence-corrected chi connectivity index (χ0v) is 13.6. The van der Waals surface area contributed by atoms with Crippen molar-refractivity contribution >= 4 is 0 Å². The van der Waals surface area contributed by atoms with Crippen LogP contribution in [0.5, 0.6) is 11.5 Å². The van der Waals surface area contributed by atoms with Crippen LogP contribution in [0.4, 0.5) is 0 Å². The number of hydrogen-bond donors (Lipinski definition) is 1. The van der Waals surface area contributed by atoms with E-state index in [0.717, 1.165) is 30.4 Å². The molecule has 1 aliphatic rings. The summed E-state index contributed by atoms with van der Waals surface area (Å²) in [6, 6.07) is 8.48. The Kier molecular flexibility index (Phi) is 6.37. The van der Waals surface area contributed by atoms with Gasteiger partial charge in [0.25, 0.3) is 0 Å². The fourth-order valence-electron chi connectivity index (χ4n) is 2.98. The molecule has 1 N–H and O–H groups in total. The molecule has 3 unspecified atom stereocenters. The highest BCUT2D eigenvalue weighted by atomic mass is 16.5. The molecule has 1 saturated carbocycles. The Morgan fingerprint density at radius 2 is 1.81 bits per heavy atom. The van der Waals surface area contributed by atoms with Crippen molar-refractivity contribution in [2.75, 3.05) is 13.2 Å². The zero-order valence-electron chi connectivity index (χ0n) is 13.6. The SMILES string of the molecule is CCCNC1CCC(C)CC1Oc1ccc(OCC)cc1. The monoisotopic (exact) mass is 291 g/mol. The molecule has 21 heavy (non-hydrogen) atoms. The second kappa shape index (κ2) is 8.28. The van der Waals surface area contributed by atoms with Crippen molar-refractivity contribution in [1.29, 1.82) is 0 Å². The van der Waals surface area contributed by atoms with Gasteiger partial charge in [0.1, 0.15) is 17.6 Å². The van der Waals surface area contributed by atoms with Gasteiger partial charge in [0.05, 0.1) is 6.61 Å². The molecular weight excluding hydrogens is 262 g/mol. The second-order valence-corrected chi connectivity index (χ2v) is 6.04. The van der Waals surface area contributed by atoms with Crippen LogP contribution in [0.15, 0.2) is 24.3 Å². The molecule has 0 aliphatic heterocycles. The van der Waals surface area contributed by atoms with Crippen molar-refractivity contribution in [1.82, 2.24) is 5.32 Å². The Labute approximate surface area is 129 Å². The van der Waals surface area contributed by atoms with E-state index in [1.165, 1.54) is 19.3 Å². The van der Waals surface area contributed by atoms with Gasteiger partial charge in [-0.15, -0.1) is 0 Å². The van der Waals surface area contributed by atoms with Crippen LogP contribution >= 0.6 is 0 Å². The van der Waals surface area contributed by atoms with Gasteiger partial charge < -0.3 is 14.8 Å². The molecule has 2 rings (SSSR count). The number of rotatable bonds is 7. The molecule has 0 radical (unpaired) electrons. The average Bonchev–Trinajstić information content (AvgIpc) is 2.49. The second-order valence-electron chi connectivity index (χ2n) is 6.04. The molecule has 0 amide bonds. The summed E-state index contributed by atoms with van der Waals surface area (Å²) >= 11 is 0. The number of benzene rings is 1. The first-order valence-corrected chi connectivity index (χ1v) is 8.35. The van der Waals surface area contributed by atoms with Crippen LogP contribution in [-0.2, 0) is 0 Å². The summed E-state index contributed by atoms with van der Waals surface area (Å²) in [6.07, 6.45) is 5.09. The lowest BCUT2D eigenvalue weighted by atomic mass is 9.85. The lowest BCUT2D eigenvalue weighted by molar-refractivity contribution is 0.0908. The fraction of sp³-hybridized carbons (Fsp3) is 0.667. The highest BCUT2D eigenvalue weighted by Gasteiger charge is 2.29. The molecule has 3 nitrogen and oxygen atoms in total. The predicted molar refractivity (Wildman–Crippen MR) is 87.1 cm³/mol. The smallest absolute Gasteiger partial charge is 0.120 e. The van der Waals surface area contributed by atoms with Gasteiger partial charge in [-0.25, -0.2) is 0 Å². The van der Waals surface area contributed by atoms with Gasteiger partial charge in [-0.3, -0.25) is 0 Å². The van der Waals surface area contributed by atoms with Gasteiger partial charge in [0, 0.05) is 6.04 Å². The minimum absolute atomic E-state index is 0.276. The molecule has 118 valence electrons. The summed E-state index contributed by atoms with van der Waals surface area (Å²) in [5.41, 5.74) is 0. The minimum Gasteiger partial charge on any atom is -0.494 e. The van der Waals surface area contributed by atoms with Gasteiger partial charge in [-0.1, -0.05) is 13.8 Å². The number of nitrogens with one attached hydrogen (secondary N) is 1. The van der Waals surface area contributed by atoms with Crippen LogP contribution in [0.3, 0.4) is 0 Å². The van der Waals surface area contributed by atoms with Crippen molar-refractivity contribution < 1.29 is 9.47 Å². The molecule has 0 bridgehead atoms. The molecule has 0 aromatic heterocycles. The Morgan fingerprint density at radius 3 is 2.48 bits per heavy atom. The minimum atomic E-state index is 0.276. The molecular formula is C18H29NO2. The molecule has 0 saturated heterocycles. The average molecular weight is 291 g/mol. The summed E-state index contributed by atoms with van der Waals surface area (Å²) in [5, 5.41) is 3.64. The Morgan fingerprint density at radius 1 is 1.10 bits per heavy atom. The van der Waals surface area contributed by atoms with Gasteiger partial charge in [-0.2, -0.15) is 0 Å². The Bertz CT molecular complexity index is 402. The Hall–Kier alpha value is -1.22. The van der Waals surface area contributed by atoms with E-state index in [-0.39, 0.29) is 6.10 Å². The first-order chi connectivity index (χ1) is 10.2. The lowest BCUT2D eigenvalue weighted by Crippen LogP contribution is -2.47. The van der Waals surface area contributed by atoms with Crippen LogP contribution in [0.2, 0.25) is 0 Å². The highest BCUT2D eigenvalue weighted by molar-refractivity contribution is 5.31. The van der Waals surface area contributed by atoms with Crippen LogP contribution in [0.25, 0.3) is 0 Å². The molecule has 1 aromatic carbocycles. The maximum atomic E-state index is 6.25. The third-order valence-electron chi connectivity index (χ3n) is 4.13. The van der Waals surface area contributed by atoms with Crippen molar-refractivity contribution in [3.05, 3.63) is 24.3 Å². The van der Waals surface area contributed by atoms with E-state index < -0.39 is 0 Å². The van der Waals surface area contributed by atoms with E-state index in [1.54, 1.807) is 0 Å². The third-order valence-corrected chi connectivity index (χ3v) is 4.13. The summed E-state index contributed by atoms with van der Waals surface area (Å²) in [6.45, 7) is 8.30. The largest absolute Gasteiger partial charge is 0.494 e. The third kappa shape index (κ3) is 4.92. The zero-order chi connectivity index (χ0) is 15.1. The van der Waals surface area contributed by atoms with Crippen LogP contribution in [-0.4, -0.2) is 25.3 Å². The molecule has 3 heteroatoms. The van der Waals surface area contributed by atoms with E-state index in [4.69, 9.17) is 9.47 Å². The van der Waals surface area contributed by atoms with Gasteiger partial charge >= 0.3 is 0 Å². The maximum absolute atomic E-state index is 6.25. The van der Waals surface area contributed by atoms with Gasteiger partial charge in [0.15, 0.2) is 0 Å². The van der Waals surface area contributed by atoms with Crippen molar-refractivity contribution in [3.63, 3.8) is 0 Å². The summed E-state index contributed by atoms with van der Waals surface area (Å²) in [7, 11) is 0. The van der Waals surface area contributed by atoms with Crippen LogP contribution in [0.1, 0.15) is 46.5 Å². The van der Waals surface area contributed by atoms with E-state index in [0.29, 0.717) is 12.6 Å². The molecule has 0 spiro atoms. The predicted octanol–water partition coefficient (Wildman–Crippen LogP) is 4.02. The fourth-order valence-corrected chi connectivity index (χ4v) is 2.98. The molecule has 1 aromatic rings. The van der Waals surface area contributed by atoms with Crippen LogP contribution in [0, 0.1) is 5.92 Å². The van der Waals surface area contributed by atoms with Crippen molar-refractivity contribution in [2.45, 2.75) is 58.6 Å². The van der Waals surface area contributed by atoms with E-state index in [1.807, 2.05) is 31.2 Å². The first-order valence-electron chi connectivity index (χ1n) is 8.35. The normalized spacial score (nSPS) is 25.6. The topological polar surface area (TPSA) is 30.5 Å². The summed E-state index contributed by atoms with van der Waals surface area (Å²) in [5.74, 6) is 2.60. The van der Waals surface area contributed by atoms with Crippen molar-refractivity contribution in [2.24, 2.45) is 5.92 Å². The number of ether oxygens (including phenoxy) is 2. The maximum Gasteiger partial charge on any atom is 0.120 e. The van der Waals surface area contributed by atoms with Gasteiger partial charge in [0.2, 0.25) is 0 Å². The van der Waals surface area contributed by atoms with E-state index >= 15 is 0 Å². The van der Waals surface area contributed by atoms with Gasteiger partial charge in [-0.05, 0) is 69.3 Å². The Balaban J connectivity index is 1.96.